The van der Waals surface area contributed by atoms with Crippen LogP contribution in [0, 0.1) is 5.82 Å². The van der Waals surface area contributed by atoms with Crippen LogP contribution in [0.5, 0.6) is 0 Å². The molecule has 194 valence electrons. The number of ether oxygens (including phenoxy) is 2. The van der Waals surface area contributed by atoms with Crippen molar-refractivity contribution in [3.63, 3.8) is 0 Å². The van der Waals surface area contributed by atoms with Crippen molar-refractivity contribution in [3.8, 4) is 0 Å². The molecule has 35 heavy (non-hydrogen) atoms. The van der Waals surface area contributed by atoms with Crippen molar-refractivity contribution in [3.05, 3.63) is 29.6 Å². The van der Waals surface area contributed by atoms with Gasteiger partial charge in [0.15, 0.2) is 0 Å². The molecule has 3 heterocycles. The Morgan fingerprint density at radius 1 is 1.20 bits per heavy atom. The smallest absolute Gasteiger partial charge is 0.407 e. The summed E-state index contributed by atoms with van der Waals surface area (Å²) in [6, 6.07) is 4.91. The van der Waals surface area contributed by atoms with Gasteiger partial charge in [0.05, 0.1) is 25.2 Å². The Morgan fingerprint density at radius 2 is 1.97 bits per heavy atom. The lowest BCUT2D eigenvalue weighted by Crippen LogP contribution is -2.50. The molecule has 1 spiro atoms. The summed E-state index contributed by atoms with van der Waals surface area (Å²) in [5, 5.41) is 3.09. The summed E-state index contributed by atoms with van der Waals surface area (Å²) in [5.41, 5.74) is 1.08. The predicted molar refractivity (Wildman–Crippen MR) is 131 cm³/mol. The molecule has 10 heteroatoms. The standard InChI is InChI=1S/C25H36FN3O5S/c1-35(31,32)29-17-25(22-14-18(26)6-7-23(22)29)9-11-28(12-10-25)20-5-3-2-4-19(15-20)27-24(30)34-21-8-13-33-16-21/h6-7,14,19-21H,2-5,8-13,15-17H2,1H3,(H,27,30)/t19?,20?,21-/m1/s1. The quantitative estimate of drug-likeness (QED) is 0.628. The fourth-order valence-electron chi connectivity index (χ4n) is 6.39. The molecule has 0 bridgehead atoms. The van der Waals surface area contributed by atoms with E-state index in [9.17, 15) is 17.6 Å². The zero-order valence-corrected chi connectivity index (χ0v) is 21.2. The van der Waals surface area contributed by atoms with Gasteiger partial charge in [0, 0.05) is 30.5 Å². The van der Waals surface area contributed by atoms with E-state index in [1.54, 1.807) is 6.07 Å². The Balaban J connectivity index is 1.23. The zero-order chi connectivity index (χ0) is 24.6. The number of benzene rings is 1. The molecule has 1 N–H and O–H groups in total. The van der Waals surface area contributed by atoms with E-state index < -0.39 is 10.0 Å². The van der Waals surface area contributed by atoms with Crippen LogP contribution in [0.15, 0.2) is 18.2 Å². The summed E-state index contributed by atoms with van der Waals surface area (Å²) in [4.78, 5) is 14.9. The number of amides is 1. The minimum Gasteiger partial charge on any atom is -0.444 e. The van der Waals surface area contributed by atoms with Crippen LogP contribution >= 0.6 is 0 Å². The molecule has 3 atom stereocenters. The molecule has 0 radical (unpaired) electrons. The zero-order valence-electron chi connectivity index (χ0n) is 20.4. The summed E-state index contributed by atoms with van der Waals surface area (Å²) in [7, 11) is -3.43. The molecule has 5 rings (SSSR count). The number of carbonyl (C=O) groups is 1. The van der Waals surface area contributed by atoms with Crippen molar-refractivity contribution in [1.29, 1.82) is 0 Å². The van der Waals surface area contributed by atoms with E-state index in [0.29, 0.717) is 31.5 Å². The van der Waals surface area contributed by atoms with Crippen LogP contribution in [-0.4, -0.2) is 76.7 Å². The predicted octanol–water partition coefficient (Wildman–Crippen LogP) is 3.16. The summed E-state index contributed by atoms with van der Waals surface area (Å²) in [6.07, 6.45) is 8.13. The minimum absolute atomic E-state index is 0.0789. The van der Waals surface area contributed by atoms with E-state index in [1.165, 1.54) is 22.7 Å². The second kappa shape index (κ2) is 9.86. The maximum Gasteiger partial charge on any atom is 0.407 e. The van der Waals surface area contributed by atoms with Crippen molar-refractivity contribution in [2.75, 3.05) is 43.4 Å². The number of nitrogens with zero attached hydrogens (tertiary/aromatic N) is 2. The summed E-state index contributed by atoms with van der Waals surface area (Å²) >= 11 is 0. The van der Waals surface area contributed by atoms with Gasteiger partial charge in [0.25, 0.3) is 0 Å². The molecular weight excluding hydrogens is 473 g/mol. The number of hydrogen-bond acceptors (Lipinski definition) is 6. The van der Waals surface area contributed by atoms with Gasteiger partial charge in [0.2, 0.25) is 10.0 Å². The molecule has 3 fully saturated rings. The highest BCUT2D eigenvalue weighted by molar-refractivity contribution is 7.92. The average molecular weight is 510 g/mol. The first-order valence-electron chi connectivity index (χ1n) is 12.8. The van der Waals surface area contributed by atoms with E-state index in [2.05, 4.69) is 10.2 Å². The van der Waals surface area contributed by atoms with Gasteiger partial charge in [0.1, 0.15) is 11.9 Å². The Morgan fingerprint density at radius 3 is 2.69 bits per heavy atom. The van der Waals surface area contributed by atoms with Crippen molar-refractivity contribution < 1.29 is 27.1 Å². The van der Waals surface area contributed by atoms with E-state index in [1.807, 2.05) is 0 Å². The topological polar surface area (TPSA) is 88.2 Å². The summed E-state index contributed by atoms with van der Waals surface area (Å²) < 4.78 is 51.3. The normalized spacial score (nSPS) is 29.1. The van der Waals surface area contributed by atoms with Crippen molar-refractivity contribution in [2.24, 2.45) is 0 Å². The second-order valence-electron chi connectivity index (χ2n) is 10.7. The number of carbonyl (C=O) groups excluding carboxylic acids is 1. The number of fused-ring (bicyclic) bond motifs is 2. The van der Waals surface area contributed by atoms with Crippen LogP contribution in [0.3, 0.4) is 0 Å². The number of hydrogen-bond donors (Lipinski definition) is 1. The highest BCUT2D eigenvalue weighted by Crippen LogP contribution is 2.48. The lowest BCUT2D eigenvalue weighted by atomic mass is 9.74. The SMILES string of the molecule is CS(=O)(=O)N1CC2(CCN(C3CCCCC(NC(=O)O[C@@H]4CCOC4)C3)CC2)c2cc(F)ccc21. The monoisotopic (exact) mass is 509 g/mol. The van der Waals surface area contributed by atoms with Gasteiger partial charge in [-0.2, -0.15) is 0 Å². The fraction of sp³-hybridized carbons (Fsp3) is 0.720. The molecule has 3 aliphatic heterocycles. The van der Waals surface area contributed by atoms with Crippen LogP contribution in [0.1, 0.15) is 56.9 Å². The lowest BCUT2D eigenvalue weighted by Gasteiger charge is -2.43. The van der Waals surface area contributed by atoms with Crippen LogP contribution < -0.4 is 9.62 Å². The first-order chi connectivity index (χ1) is 16.7. The summed E-state index contributed by atoms with van der Waals surface area (Å²) in [5.74, 6) is -0.324. The second-order valence-corrected chi connectivity index (χ2v) is 12.6. The van der Waals surface area contributed by atoms with Gasteiger partial charge >= 0.3 is 6.09 Å². The maximum atomic E-state index is 14.2. The van der Waals surface area contributed by atoms with E-state index in [4.69, 9.17) is 9.47 Å². The van der Waals surface area contributed by atoms with Gasteiger partial charge in [-0.05, 0) is 69.0 Å². The number of nitrogens with one attached hydrogen (secondary N) is 1. The van der Waals surface area contributed by atoms with Crippen molar-refractivity contribution >= 4 is 21.8 Å². The maximum absolute atomic E-state index is 14.2. The molecule has 4 aliphatic rings. The van der Waals surface area contributed by atoms with Gasteiger partial charge in [-0.1, -0.05) is 12.8 Å². The first-order valence-corrected chi connectivity index (χ1v) is 14.7. The lowest BCUT2D eigenvalue weighted by molar-refractivity contribution is 0.0768. The molecule has 2 unspecified atom stereocenters. The first kappa shape index (κ1) is 24.8. The van der Waals surface area contributed by atoms with Crippen LogP contribution in [0.2, 0.25) is 0 Å². The third-order valence-corrected chi connectivity index (χ3v) is 9.42. The Hall–Kier alpha value is -1.91. The third-order valence-electron chi connectivity index (χ3n) is 8.30. The number of sulfonamides is 1. The van der Waals surface area contributed by atoms with E-state index >= 15 is 0 Å². The number of alkyl carbamates (subject to hydrolysis) is 1. The van der Waals surface area contributed by atoms with Gasteiger partial charge in [-0.15, -0.1) is 0 Å². The number of rotatable bonds is 4. The highest BCUT2D eigenvalue weighted by atomic mass is 32.2. The van der Waals surface area contributed by atoms with Crippen molar-refractivity contribution in [1.82, 2.24) is 10.2 Å². The Kier molecular flexibility index (Phi) is 6.98. The summed E-state index contributed by atoms with van der Waals surface area (Å²) in [6.45, 7) is 3.15. The van der Waals surface area contributed by atoms with Gasteiger partial charge < -0.3 is 19.7 Å². The fourth-order valence-corrected chi connectivity index (χ4v) is 7.39. The Labute approximate surface area is 207 Å². The molecule has 1 aliphatic carbocycles. The molecule has 2 saturated heterocycles. The van der Waals surface area contributed by atoms with Gasteiger partial charge in [-0.25, -0.2) is 17.6 Å². The molecule has 1 aromatic rings. The average Bonchev–Trinajstić information content (AvgIpc) is 3.35. The Bertz CT molecular complexity index is 1040. The van der Waals surface area contributed by atoms with Crippen molar-refractivity contribution in [2.45, 2.75) is 75.0 Å². The van der Waals surface area contributed by atoms with E-state index in [-0.39, 0.29) is 29.5 Å². The number of piperidine rings is 1. The number of halogens is 1. The highest BCUT2D eigenvalue weighted by Gasteiger charge is 2.48. The van der Waals surface area contributed by atoms with E-state index in [0.717, 1.165) is 70.0 Å². The number of likely N-dealkylation sites (tertiary alicyclic amines) is 1. The molecule has 0 aromatic heterocycles. The number of anilines is 1. The van der Waals surface area contributed by atoms with Gasteiger partial charge in [-0.3, -0.25) is 4.31 Å². The van der Waals surface area contributed by atoms with Crippen LogP contribution in [-0.2, 0) is 24.9 Å². The van der Waals surface area contributed by atoms with Crippen LogP contribution in [0.4, 0.5) is 14.9 Å². The minimum atomic E-state index is -3.43. The largest absolute Gasteiger partial charge is 0.444 e. The molecule has 8 nitrogen and oxygen atoms in total. The molecule has 1 amide bonds. The molecule has 1 saturated carbocycles. The molecular formula is C25H36FN3O5S. The van der Waals surface area contributed by atoms with Crippen LogP contribution in [0.25, 0.3) is 0 Å². The molecule has 1 aromatic carbocycles. The third kappa shape index (κ3) is 5.29.